The highest BCUT2D eigenvalue weighted by atomic mass is 32.2. The standard InChI is InChI=1S/C14H11NO5S/c1-20-9-6-7-13(11(8-9)15(18)19)21-12-5-3-2-4-10(12)14(16)17/h2-8H,1H3,(H,16,17). The highest BCUT2D eigenvalue weighted by Crippen LogP contribution is 2.38. The Labute approximate surface area is 124 Å². The van der Waals surface area contributed by atoms with Gasteiger partial charge >= 0.3 is 5.97 Å². The summed E-state index contributed by atoms with van der Waals surface area (Å²) < 4.78 is 4.96. The molecule has 6 nitrogen and oxygen atoms in total. The van der Waals surface area contributed by atoms with Crippen molar-refractivity contribution in [2.24, 2.45) is 0 Å². The lowest BCUT2D eigenvalue weighted by molar-refractivity contribution is -0.387. The molecule has 0 heterocycles. The van der Waals surface area contributed by atoms with E-state index in [1.165, 1.54) is 19.2 Å². The number of hydrogen-bond donors (Lipinski definition) is 1. The zero-order chi connectivity index (χ0) is 15.4. The number of nitro benzene ring substituents is 1. The Morgan fingerprint density at radius 2 is 1.95 bits per heavy atom. The fraction of sp³-hybridized carbons (Fsp3) is 0.0714. The van der Waals surface area contributed by atoms with Crippen LogP contribution >= 0.6 is 11.8 Å². The van der Waals surface area contributed by atoms with Crippen molar-refractivity contribution in [3.8, 4) is 5.75 Å². The largest absolute Gasteiger partial charge is 0.497 e. The molecule has 0 aliphatic rings. The Morgan fingerprint density at radius 3 is 2.57 bits per heavy atom. The number of rotatable bonds is 5. The first kappa shape index (κ1) is 14.9. The average Bonchev–Trinajstić information content (AvgIpc) is 2.47. The fourth-order valence-corrected chi connectivity index (χ4v) is 2.73. The summed E-state index contributed by atoms with van der Waals surface area (Å²) in [6.45, 7) is 0. The zero-order valence-corrected chi connectivity index (χ0v) is 11.8. The maximum absolute atomic E-state index is 11.2. The number of carbonyl (C=O) groups is 1. The minimum absolute atomic E-state index is 0.104. The number of aromatic carboxylic acids is 1. The van der Waals surface area contributed by atoms with Crippen molar-refractivity contribution < 1.29 is 19.6 Å². The van der Waals surface area contributed by atoms with Gasteiger partial charge in [-0.2, -0.15) is 0 Å². The van der Waals surface area contributed by atoms with Crippen molar-refractivity contribution in [3.05, 3.63) is 58.1 Å². The van der Waals surface area contributed by atoms with Crippen LogP contribution in [0.4, 0.5) is 5.69 Å². The van der Waals surface area contributed by atoms with E-state index in [9.17, 15) is 14.9 Å². The number of nitro groups is 1. The van der Waals surface area contributed by atoms with Gasteiger partial charge in [-0.15, -0.1) is 0 Å². The summed E-state index contributed by atoms with van der Waals surface area (Å²) >= 11 is 1.04. The van der Waals surface area contributed by atoms with Crippen LogP contribution in [0.5, 0.6) is 5.75 Å². The summed E-state index contributed by atoms with van der Waals surface area (Å²) in [5.41, 5.74) is -0.0212. The van der Waals surface area contributed by atoms with E-state index in [1.807, 2.05) is 0 Å². The zero-order valence-electron chi connectivity index (χ0n) is 11.0. The van der Waals surface area contributed by atoms with Gasteiger partial charge in [0, 0.05) is 4.90 Å². The molecular formula is C14H11NO5S. The van der Waals surface area contributed by atoms with Crippen LogP contribution < -0.4 is 4.74 Å². The molecule has 0 saturated heterocycles. The lowest BCUT2D eigenvalue weighted by Crippen LogP contribution is -1.98. The van der Waals surface area contributed by atoms with Gasteiger partial charge in [-0.05, 0) is 24.3 Å². The average molecular weight is 305 g/mol. The molecule has 108 valence electrons. The second-order valence-electron chi connectivity index (χ2n) is 3.99. The lowest BCUT2D eigenvalue weighted by Gasteiger charge is -2.07. The molecule has 0 unspecified atom stereocenters. The third kappa shape index (κ3) is 3.32. The van der Waals surface area contributed by atoms with Crippen molar-refractivity contribution >= 4 is 23.4 Å². The molecule has 0 aromatic heterocycles. The van der Waals surface area contributed by atoms with Crippen LogP contribution in [-0.4, -0.2) is 23.1 Å². The summed E-state index contributed by atoms with van der Waals surface area (Å²) in [5, 5.41) is 20.3. The third-order valence-corrected chi connectivity index (χ3v) is 3.84. The molecule has 2 aromatic rings. The Kier molecular flexibility index (Phi) is 4.44. The normalized spacial score (nSPS) is 10.1. The molecule has 0 fully saturated rings. The van der Waals surface area contributed by atoms with Crippen LogP contribution in [0.3, 0.4) is 0 Å². The van der Waals surface area contributed by atoms with Gasteiger partial charge in [0.25, 0.3) is 5.69 Å². The van der Waals surface area contributed by atoms with Gasteiger partial charge in [0.1, 0.15) is 5.75 Å². The van der Waals surface area contributed by atoms with Crippen LogP contribution in [0, 0.1) is 10.1 Å². The van der Waals surface area contributed by atoms with E-state index in [1.54, 1.807) is 30.3 Å². The second-order valence-corrected chi connectivity index (χ2v) is 5.08. The predicted molar refractivity (Wildman–Crippen MR) is 77.2 cm³/mol. The van der Waals surface area contributed by atoms with Crippen molar-refractivity contribution in [3.63, 3.8) is 0 Å². The number of carboxylic acids is 1. The van der Waals surface area contributed by atoms with Gasteiger partial charge in [0.15, 0.2) is 0 Å². The number of carboxylic acid groups (broad SMARTS) is 1. The Bertz CT molecular complexity index is 702. The summed E-state index contributed by atoms with van der Waals surface area (Å²) in [4.78, 5) is 22.6. The van der Waals surface area contributed by atoms with Crippen LogP contribution in [0.15, 0.2) is 52.3 Å². The van der Waals surface area contributed by atoms with E-state index in [0.29, 0.717) is 15.5 Å². The molecule has 0 saturated carbocycles. The van der Waals surface area contributed by atoms with Gasteiger partial charge < -0.3 is 9.84 Å². The van der Waals surface area contributed by atoms with E-state index < -0.39 is 10.9 Å². The van der Waals surface area contributed by atoms with Crippen molar-refractivity contribution in [1.29, 1.82) is 0 Å². The molecule has 0 radical (unpaired) electrons. The molecule has 0 aliphatic carbocycles. The van der Waals surface area contributed by atoms with Crippen molar-refractivity contribution in [2.75, 3.05) is 7.11 Å². The number of methoxy groups -OCH3 is 1. The molecule has 0 aliphatic heterocycles. The van der Waals surface area contributed by atoms with Gasteiger partial charge in [0.05, 0.1) is 28.6 Å². The monoisotopic (exact) mass is 305 g/mol. The van der Waals surface area contributed by atoms with Crippen LogP contribution in [-0.2, 0) is 0 Å². The first-order valence-electron chi connectivity index (χ1n) is 5.85. The molecule has 2 rings (SSSR count). The van der Waals surface area contributed by atoms with E-state index in [0.717, 1.165) is 11.8 Å². The smallest absolute Gasteiger partial charge is 0.336 e. The van der Waals surface area contributed by atoms with Crippen LogP contribution in [0.25, 0.3) is 0 Å². The number of benzene rings is 2. The molecule has 0 atom stereocenters. The van der Waals surface area contributed by atoms with E-state index in [2.05, 4.69) is 0 Å². The minimum Gasteiger partial charge on any atom is -0.497 e. The molecule has 21 heavy (non-hydrogen) atoms. The lowest BCUT2D eigenvalue weighted by atomic mass is 10.2. The first-order chi connectivity index (χ1) is 10.0. The number of nitrogens with zero attached hydrogens (tertiary/aromatic N) is 1. The summed E-state index contributed by atoms with van der Waals surface area (Å²) in [6, 6.07) is 10.8. The maximum Gasteiger partial charge on any atom is 0.336 e. The highest BCUT2D eigenvalue weighted by molar-refractivity contribution is 7.99. The fourth-order valence-electron chi connectivity index (χ4n) is 1.70. The highest BCUT2D eigenvalue weighted by Gasteiger charge is 2.18. The van der Waals surface area contributed by atoms with Crippen molar-refractivity contribution in [2.45, 2.75) is 9.79 Å². The SMILES string of the molecule is COc1ccc(Sc2ccccc2C(=O)O)c([N+](=O)[O-])c1. The Hall–Kier alpha value is -2.54. The topological polar surface area (TPSA) is 89.7 Å². The van der Waals surface area contributed by atoms with Crippen LogP contribution in [0.2, 0.25) is 0 Å². The number of ether oxygens (including phenoxy) is 1. The minimum atomic E-state index is -1.07. The van der Waals surface area contributed by atoms with Gasteiger partial charge in [-0.25, -0.2) is 4.79 Å². The quantitative estimate of drug-likeness (QED) is 0.672. The van der Waals surface area contributed by atoms with Gasteiger partial charge in [-0.3, -0.25) is 10.1 Å². The van der Waals surface area contributed by atoms with Gasteiger partial charge in [0.2, 0.25) is 0 Å². The molecule has 2 aromatic carbocycles. The van der Waals surface area contributed by atoms with E-state index >= 15 is 0 Å². The summed E-state index contributed by atoms with van der Waals surface area (Å²) in [7, 11) is 1.42. The third-order valence-electron chi connectivity index (χ3n) is 2.70. The second kappa shape index (κ2) is 6.27. The van der Waals surface area contributed by atoms with E-state index in [4.69, 9.17) is 9.84 Å². The Morgan fingerprint density at radius 1 is 1.24 bits per heavy atom. The summed E-state index contributed by atoms with van der Waals surface area (Å²) in [6.07, 6.45) is 0. The predicted octanol–water partition coefficient (Wildman–Crippen LogP) is 3.45. The van der Waals surface area contributed by atoms with E-state index in [-0.39, 0.29) is 11.3 Å². The van der Waals surface area contributed by atoms with Crippen molar-refractivity contribution in [1.82, 2.24) is 0 Å². The Balaban J connectivity index is 2.45. The molecule has 7 heteroatoms. The first-order valence-corrected chi connectivity index (χ1v) is 6.67. The number of hydrogen-bond acceptors (Lipinski definition) is 5. The maximum atomic E-state index is 11.2. The molecule has 1 N–H and O–H groups in total. The molecule has 0 amide bonds. The molecule has 0 bridgehead atoms. The molecule has 0 spiro atoms. The molecular weight excluding hydrogens is 294 g/mol. The van der Waals surface area contributed by atoms with Crippen LogP contribution in [0.1, 0.15) is 10.4 Å². The van der Waals surface area contributed by atoms with Gasteiger partial charge in [-0.1, -0.05) is 23.9 Å². The summed E-state index contributed by atoms with van der Waals surface area (Å²) in [5.74, 6) is -0.702.